The van der Waals surface area contributed by atoms with E-state index >= 15 is 0 Å². The highest BCUT2D eigenvalue weighted by molar-refractivity contribution is 5.94. The van der Waals surface area contributed by atoms with Crippen LogP contribution in [0.2, 0.25) is 0 Å². The van der Waals surface area contributed by atoms with Crippen LogP contribution in [0.25, 0.3) is 0 Å². The number of rotatable bonds is 9. The van der Waals surface area contributed by atoms with Gasteiger partial charge in [-0.15, -0.1) is 0 Å². The molecule has 0 aliphatic rings. The van der Waals surface area contributed by atoms with Crippen LogP contribution in [0.1, 0.15) is 43.5 Å². The third kappa shape index (κ3) is 5.61. The van der Waals surface area contributed by atoms with E-state index in [0.717, 1.165) is 31.5 Å². The highest BCUT2D eigenvalue weighted by atomic mass is 16.5. The molecule has 0 aliphatic carbocycles. The van der Waals surface area contributed by atoms with Gasteiger partial charge in [-0.1, -0.05) is 20.3 Å². The van der Waals surface area contributed by atoms with Gasteiger partial charge >= 0.3 is 0 Å². The predicted molar refractivity (Wildman–Crippen MR) is 83.3 cm³/mol. The van der Waals surface area contributed by atoms with Crippen LogP contribution in [-0.2, 0) is 4.74 Å². The molecule has 0 aliphatic heterocycles. The van der Waals surface area contributed by atoms with Crippen LogP contribution in [-0.4, -0.2) is 32.2 Å². The SMILES string of the molecule is CCCNc1ccc(C(=O)NC(CCC)COC)cc1. The van der Waals surface area contributed by atoms with Crippen molar-refractivity contribution in [3.05, 3.63) is 29.8 Å². The molecule has 0 saturated heterocycles. The molecule has 1 aromatic carbocycles. The van der Waals surface area contributed by atoms with E-state index in [1.165, 1.54) is 0 Å². The van der Waals surface area contributed by atoms with Crippen molar-refractivity contribution < 1.29 is 9.53 Å². The summed E-state index contributed by atoms with van der Waals surface area (Å²) in [6.07, 6.45) is 3.03. The summed E-state index contributed by atoms with van der Waals surface area (Å²) in [6.45, 7) is 5.72. The number of amides is 1. The zero-order valence-electron chi connectivity index (χ0n) is 12.7. The molecule has 1 unspecified atom stereocenters. The van der Waals surface area contributed by atoms with Crippen molar-refractivity contribution in [2.75, 3.05) is 25.6 Å². The van der Waals surface area contributed by atoms with Gasteiger partial charge in [-0.2, -0.15) is 0 Å². The van der Waals surface area contributed by atoms with Crippen molar-refractivity contribution in [3.8, 4) is 0 Å². The Morgan fingerprint density at radius 2 is 1.90 bits per heavy atom. The molecule has 0 spiro atoms. The number of hydrogen-bond donors (Lipinski definition) is 2. The Labute approximate surface area is 121 Å². The summed E-state index contributed by atoms with van der Waals surface area (Å²) in [7, 11) is 1.66. The molecule has 0 fully saturated rings. The standard InChI is InChI=1S/C16H26N2O2/c1-4-6-15(12-20-3)18-16(19)13-7-9-14(10-8-13)17-11-5-2/h7-10,15,17H,4-6,11-12H2,1-3H3,(H,18,19). The fourth-order valence-electron chi connectivity index (χ4n) is 2.02. The number of benzene rings is 1. The van der Waals surface area contributed by atoms with Crippen LogP contribution in [0, 0.1) is 0 Å². The summed E-state index contributed by atoms with van der Waals surface area (Å²) in [5.41, 5.74) is 1.73. The highest BCUT2D eigenvalue weighted by Gasteiger charge is 2.12. The van der Waals surface area contributed by atoms with Gasteiger partial charge in [-0.3, -0.25) is 4.79 Å². The summed E-state index contributed by atoms with van der Waals surface area (Å²) in [5.74, 6) is -0.0393. The molecule has 1 atom stereocenters. The van der Waals surface area contributed by atoms with Crippen molar-refractivity contribution in [2.24, 2.45) is 0 Å². The Kier molecular flexibility index (Phi) is 7.73. The van der Waals surface area contributed by atoms with E-state index in [-0.39, 0.29) is 11.9 Å². The zero-order chi connectivity index (χ0) is 14.8. The van der Waals surface area contributed by atoms with Crippen LogP contribution in [0.3, 0.4) is 0 Å². The average molecular weight is 278 g/mol. The molecule has 0 aromatic heterocycles. The predicted octanol–water partition coefficient (Wildman–Crippen LogP) is 3.05. The second kappa shape index (κ2) is 9.37. The van der Waals surface area contributed by atoms with E-state index in [1.54, 1.807) is 7.11 Å². The quantitative estimate of drug-likeness (QED) is 0.730. The number of carbonyl (C=O) groups is 1. The number of anilines is 1. The minimum Gasteiger partial charge on any atom is -0.385 e. The smallest absolute Gasteiger partial charge is 0.251 e. The Hall–Kier alpha value is -1.55. The monoisotopic (exact) mass is 278 g/mol. The van der Waals surface area contributed by atoms with Crippen molar-refractivity contribution in [1.29, 1.82) is 0 Å². The van der Waals surface area contributed by atoms with Crippen LogP contribution in [0.4, 0.5) is 5.69 Å². The molecule has 1 amide bonds. The Morgan fingerprint density at radius 1 is 1.20 bits per heavy atom. The fraction of sp³-hybridized carbons (Fsp3) is 0.562. The summed E-state index contributed by atoms with van der Waals surface area (Å²) in [4.78, 5) is 12.1. The lowest BCUT2D eigenvalue weighted by Gasteiger charge is -2.17. The van der Waals surface area contributed by atoms with Crippen molar-refractivity contribution in [3.63, 3.8) is 0 Å². The van der Waals surface area contributed by atoms with Gasteiger partial charge in [0.15, 0.2) is 0 Å². The van der Waals surface area contributed by atoms with E-state index in [9.17, 15) is 4.79 Å². The number of ether oxygens (including phenoxy) is 1. The molecule has 0 saturated carbocycles. The van der Waals surface area contributed by atoms with Crippen LogP contribution < -0.4 is 10.6 Å². The number of carbonyl (C=O) groups excluding carboxylic acids is 1. The molecule has 0 heterocycles. The summed E-state index contributed by atoms with van der Waals surface area (Å²) < 4.78 is 5.13. The largest absolute Gasteiger partial charge is 0.385 e. The molecular formula is C16H26N2O2. The molecule has 0 radical (unpaired) electrons. The Bertz CT molecular complexity index is 384. The molecule has 1 rings (SSSR count). The van der Waals surface area contributed by atoms with E-state index in [2.05, 4.69) is 24.5 Å². The zero-order valence-corrected chi connectivity index (χ0v) is 12.7. The lowest BCUT2D eigenvalue weighted by atomic mass is 10.1. The second-order valence-corrected chi connectivity index (χ2v) is 4.92. The first-order valence-electron chi connectivity index (χ1n) is 7.35. The van der Waals surface area contributed by atoms with Gasteiger partial charge in [0.1, 0.15) is 0 Å². The Morgan fingerprint density at radius 3 is 2.45 bits per heavy atom. The van der Waals surface area contributed by atoms with Gasteiger partial charge in [0, 0.05) is 24.9 Å². The first kappa shape index (κ1) is 16.5. The van der Waals surface area contributed by atoms with Crippen molar-refractivity contribution >= 4 is 11.6 Å². The first-order valence-corrected chi connectivity index (χ1v) is 7.35. The van der Waals surface area contributed by atoms with Gasteiger partial charge in [0.2, 0.25) is 0 Å². The molecule has 0 bridgehead atoms. The van der Waals surface area contributed by atoms with Gasteiger partial charge in [-0.05, 0) is 37.1 Å². The maximum Gasteiger partial charge on any atom is 0.251 e. The van der Waals surface area contributed by atoms with E-state index in [1.807, 2.05) is 24.3 Å². The fourth-order valence-corrected chi connectivity index (χ4v) is 2.02. The van der Waals surface area contributed by atoms with Crippen LogP contribution in [0.5, 0.6) is 0 Å². The van der Waals surface area contributed by atoms with E-state index in [4.69, 9.17) is 4.74 Å². The molecule has 2 N–H and O–H groups in total. The molecule has 112 valence electrons. The Balaban J connectivity index is 2.57. The normalized spacial score (nSPS) is 11.9. The molecular weight excluding hydrogens is 252 g/mol. The molecule has 4 nitrogen and oxygen atoms in total. The third-order valence-electron chi connectivity index (χ3n) is 3.07. The topological polar surface area (TPSA) is 50.4 Å². The van der Waals surface area contributed by atoms with Gasteiger partial charge in [0.25, 0.3) is 5.91 Å². The van der Waals surface area contributed by atoms with Crippen LogP contribution in [0.15, 0.2) is 24.3 Å². The minimum absolute atomic E-state index is 0.0393. The van der Waals surface area contributed by atoms with Crippen LogP contribution >= 0.6 is 0 Å². The molecule has 20 heavy (non-hydrogen) atoms. The molecule has 4 heteroatoms. The minimum atomic E-state index is -0.0393. The third-order valence-corrected chi connectivity index (χ3v) is 3.07. The number of methoxy groups -OCH3 is 1. The number of hydrogen-bond acceptors (Lipinski definition) is 3. The number of nitrogens with one attached hydrogen (secondary N) is 2. The molecule has 1 aromatic rings. The van der Waals surface area contributed by atoms with Crippen molar-refractivity contribution in [1.82, 2.24) is 5.32 Å². The van der Waals surface area contributed by atoms with Gasteiger partial charge in [0.05, 0.1) is 12.6 Å². The van der Waals surface area contributed by atoms with E-state index in [0.29, 0.717) is 12.2 Å². The average Bonchev–Trinajstić information content (AvgIpc) is 2.46. The maximum absolute atomic E-state index is 12.1. The first-order chi connectivity index (χ1) is 9.71. The summed E-state index contributed by atoms with van der Waals surface area (Å²) in [5, 5.41) is 6.30. The lowest BCUT2D eigenvalue weighted by Crippen LogP contribution is -2.37. The summed E-state index contributed by atoms with van der Waals surface area (Å²) in [6, 6.07) is 7.66. The lowest BCUT2D eigenvalue weighted by molar-refractivity contribution is 0.0891. The highest BCUT2D eigenvalue weighted by Crippen LogP contribution is 2.10. The van der Waals surface area contributed by atoms with Gasteiger partial charge < -0.3 is 15.4 Å². The van der Waals surface area contributed by atoms with Gasteiger partial charge in [-0.25, -0.2) is 0 Å². The summed E-state index contributed by atoms with van der Waals surface area (Å²) >= 11 is 0. The van der Waals surface area contributed by atoms with Crippen molar-refractivity contribution in [2.45, 2.75) is 39.2 Å². The second-order valence-electron chi connectivity index (χ2n) is 4.92. The van der Waals surface area contributed by atoms with E-state index < -0.39 is 0 Å². The maximum atomic E-state index is 12.1.